The van der Waals surface area contributed by atoms with Crippen LogP contribution in [0, 0.1) is 5.92 Å². The van der Waals surface area contributed by atoms with Crippen LogP contribution in [0.5, 0.6) is 0 Å². The van der Waals surface area contributed by atoms with Crippen LogP contribution >= 0.6 is 0 Å². The quantitative estimate of drug-likeness (QED) is 0.781. The molecule has 104 valence electrons. The van der Waals surface area contributed by atoms with Gasteiger partial charge in [0, 0.05) is 18.3 Å². The van der Waals surface area contributed by atoms with Gasteiger partial charge in [0.15, 0.2) is 0 Å². The number of hydrogen-bond acceptors (Lipinski definition) is 2. The molecule has 2 rings (SSSR count). The molecule has 1 aliphatic carbocycles. The Labute approximate surface area is 114 Å². The van der Waals surface area contributed by atoms with E-state index in [0.29, 0.717) is 5.92 Å². The Hall–Kier alpha value is -1.55. The summed E-state index contributed by atoms with van der Waals surface area (Å²) in [5.74, 6) is 0.625. The number of rotatable bonds is 4. The van der Waals surface area contributed by atoms with Gasteiger partial charge in [-0.2, -0.15) is 0 Å². The van der Waals surface area contributed by atoms with E-state index >= 15 is 0 Å². The Morgan fingerprint density at radius 2 is 1.84 bits per heavy atom. The van der Waals surface area contributed by atoms with Crippen LogP contribution in [0.15, 0.2) is 30.3 Å². The number of anilines is 1. The number of carbonyl (C=O) groups excluding carboxylic acids is 1. The van der Waals surface area contributed by atoms with Gasteiger partial charge < -0.3 is 15.7 Å². The van der Waals surface area contributed by atoms with E-state index < -0.39 is 0 Å². The molecule has 1 saturated carbocycles. The number of carbonyl (C=O) groups is 1. The average molecular weight is 262 g/mol. The molecule has 0 bridgehead atoms. The summed E-state index contributed by atoms with van der Waals surface area (Å²) < 4.78 is 0. The summed E-state index contributed by atoms with van der Waals surface area (Å²) in [7, 11) is 0. The largest absolute Gasteiger partial charge is 0.396 e. The Balaban J connectivity index is 1.72. The first-order valence-electron chi connectivity index (χ1n) is 7.01. The number of nitrogens with one attached hydrogen (secondary N) is 2. The fraction of sp³-hybridized carbons (Fsp3) is 0.533. The lowest BCUT2D eigenvalue weighted by Crippen LogP contribution is -2.40. The van der Waals surface area contributed by atoms with E-state index in [1.807, 2.05) is 30.3 Å². The molecular weight excluding hydrogens is 240 g/mol. The van der Waals surface area contributed by atoms with Crippen molar-refractivity contribution in [1.29, 1.82) is 0 Å². The first kappa shape index (κ1) is 13.9. The molecule has 3 N–H and O–H groups in total. The second-order valence-corrected chi connectivity index (χ2v) is 5.19. The van der Waals surface area contributed by atoms with Gasteiger partial charge in [0.05, 0.1) is 0 Å². The highest BCUT2D eigenvalue weighted by Crippen LogP contribution is 2.26. The van der Waals surface area contributed by atoms with Crippen molar-refractivity contribution in [2.75, 3.05) is 11.9 Å². The van der Waals surface area contributed by atoms with E-state index in [-0.39, 0.29) is 18.7 Å². The summed E-state index contributed by atoms with van der Waals surface area (Å²) in [5.41, 5.74) is 0.814. The number of aliphatic hydroxyl groups excluding tert-OH is 1. The minimum absolute atomic E-state index is 0.128. The number of para-hydroxylation sites is 1. The highest BCUT2D eigenvalue weighted by Gasteiger charge is 2.21. The normalized spacial score (nSPS) is 22.8. The molecule has 0 aliphatic heterocycles. The zero-order valence-corrected chi connectivity index (χ0v) is 11.1. The topological polar surface area (TPSA) is 61.4 Å². The Bertz CT molecular complexity index is 386. The van der Waals surface area contributed by atoms with Crippen molar-refractivity contribution >= 4 is 11.7 Å². The number of hydrogen-bond donors (Lipinski definition) is 3. The van der Waals surface area contributed by atoms with Crippen molar-refractivity contribution in [2.45, 2.75) is 38.1 Å². The molecule has 2 amide bonds. The first-order valence-corrected chi connectivity index (χ1v) is 7.01. The van der Waals surface area contributed by atoms with Gasteiger partial charge in [-0.3, -0.25) is 0 Å². The van der Waals surface area contributed by atoms with Gasteiger partial charge in [-0.05, 0) is 50.2 Å². The summed E-state index contributed by atoms with van der Waals surface area (Å²) >= 11 is 0. The highest BCUT2D eigenvalue weighted by molar-refractivity contribution is 5.89. The van der Waals surface area contributed by atoms with E-state index in [1.54, 1.807) is 0 Å². The van der Waals surface area contributed by atoms with Crippen LogP contribution in [0.1, 0.15) is 32.1 Å². The van der Waals surface area contributed by atoms with Gasteiger partial charge in [-0.1, -0.05) is 18.2 Å². The maximum Gasteiger partial charge on any atom is 0.319 e. The van der Waals surface area contributed by atoms with Crippen LogP contribution in [0.4, 0.5) is 10.5 Å². The Morgan fingerprint density at radius 1 is 1.16 bits per heavy atom. The lowest BCUT2D eigenvalue weighted by molar-refractivity contribution is 0.210. The zero-order chi connectivity index (χ0) is 13.5. The third-order valence-electron chi connectivity index (χ3n) is 3.75. The predicted molar refractivity (Wildman–Crippen MR) is 76.0 cm³/mol. The van der Waals surface area contributed by atoms with Gasteiger partial charge in [0.1, 0.15) is 0 Å². The molecule has 19 heavy (non-hydrogen) atoms. The van der Waals surface area contributed by atoms with E-state index in [1.165, 1.54) is 0 Å². The van der Waals surface area contributed by atoms with Crippen LogP contribution in [0.25, 0.3) is 0 Å². The van der Waals surface area contributed by atoms with Crippen LogP contribution in [-0.2, 0) is 0 Å². The van der Waals surface area contributed by atoms with E-state index in [9.17, 15) is 4.79 Å². The second kappa shape index (κ2) is 7.14. The number of aliphatic hydroxyl groups is 1. The second-order valence-electron chi connectivity index (χ2n) is 5.19. The molecular formula is C15H22N2O2. The maximum atomic E-state index is 11.8. The van der Waals surface area contributed by atoms with Gasteiger partial charge in [-0.15, -0.1) is 0 Å². The van der Waals surface area contributed by atoms with E-state index in [2.05, 4.69) is 10.6 Å². The third kappa shape index (κ3) is 4.56. The van der Waals surface area contributed by atoms with Crippen molar-refractivity contribution in [3.8, 4) is 0 Å². The SMILES string of the molecule is O=C(Nc1ccccc1)NC1CCC(CCO)CC1. The van der Waals surface area contributed by atoms with Crippen molar-refractivity contribution in [3.63, 3.8) is 0 Å². The van der Waals surface area contributed by atoms with E-state index in [0.717, 1.165) is 37.8 Å². The molecule has 4 nitrogen and oxygen atoms in total. The molecule has 0 aromatic heterocycles. The fourth-order valence-corrected chi connectivity index (χ4v) is 2.65. The van der Waals surface area contributed by atoms with Gasteiger partial charge in [0.2, 0.25) is 0 Å². The van der Waals surface area contributed by atoms with Crippen LogP contribution in [0.2, 0.25) is 0 Å². The van der Waals surface area contributed by atoms with Crippen molar-refractivity contribution in [3.05, 3.63) is 30.3 Å². The molecule has 1 aromatic carbocycles. The van der Waals surface area contributed by atoms with Crippen molar-refractivity contribution in [1.82, 2.24) is 5.32 Å². The maximum absolute atomic E-state index is 11.8. The summed E-state index contributed by atoms with van der Waals surface area (Å²) in [6.45, 7) is 0.275. The Morgan fingerprint density at radius 3 is 2.47 bits per heavy atom. The third-order valence-corrected chi connectivity index (χ3v) is 3.75. The monoisotopic (exact) mass is 262 g/mol. The first-order chi connectivity index (χ1) is 9.28. The molecule has 4 heteroatoms. The van der Waals surface area contributed by atoms with Gasteiger partial charge in [0.25, 0.3) is 0 Å². The summed E-state index contributed by atoms with van der Waals surface area (Å²) in [6.07, 6.45) is 5.09. The van der Waals surface area contributed by atoms with Crippen LogP contribution in [0.3, 0.4) is 0 Å². The predicted octanol–water partition coefficient (Wildman–Crippen LogP) is 2.75. The highest BCUT2D eigenvalue weighted by atomic mass is 16.3. The smallest absolute Gasteiger partial charge is 0.319 e. The minimum atomic E-state index is -0.128. The molecule has 1 fully saturated rings. The summed E-state index contributed by atoms with van der Waals surface area (Å²) in [6, 6.07) is 9.60. The standard InChI is InChI=1S/C15H22N2O2/c18-11-10-12-6-8-14(9-7-12)17-15(19)16-13-4-2-1-3-5-13/h1-5,12,14,18H,6-11H2,(H2,16,17,19). The molecule has 0 spiro atoms. The number of amides is 2. The molecule has 0 saturated heterocycles. The van der Waals surface area contributed by atoms with Gasteiger partial charge in [-0.25, -0.2) is 4.79 Å². The minimum Gasteiger partial charge on any atom is -0.396 e. The van der Waals surface area contributed by atoms with E-state index in [4.69, 9.17) is 5.11 Å². The lowest BCUT2D eigenvalue weighted by atomic mass is 9.84. The van der Waals surface area contributed by atoms with Crippen LogP contribution in [-0.4, -0.2) is 23.8 Å². The Kier molecular flexibility index (Phi) is 5.21. The lowest BCUT2D eigenvalue weighted by Gasteiger charge is -2.28. The van der Waals surface area contributed by atoms with Crippen molar-refractivity contribution in [2.24, 2.45) is 5.92 Å². The zero-order valence-electron chi connectivity index (χ0n) is 11.1. The number of benzene rings is 1. The van der Waals surface area contributed by atoms with Gasteiger partial charge >= 0.3 is 6.03 Å². The molecule has 0 radical (unpaired) electrons. The summed E-state index contributed by atoms with van der Waals surface area (Å²) in [5, 5.41) is 14.8. The average Bonchev–Trinajstić information content (AvgIpc) is 2.42. The molecule has 0 heterocycles. The molecule has 0 atom stereocenters. The molecule has 1 aromatic rings. The van der Waals surface area contributed by atoms with Crippen LogP contribution < -0.4 is 10.6 Å². The molecule has 0 unspecified atom stereocenters. The molecule has 1 aliphatic rings. The fourth-order valence-electron chi connectivity index (χ4n) is 2.65. The number of urea groups is 1. The summed E-state index contributed by atoms with van der Waals surface area (Å²) in [4.78, 5) is 11.8. The van der Waals surface area contributed by atoms with Crippen molar-refractivity contribution < 1.29 is 9.90 Å².